The van der Waals surface area contributed by atoms with E-state index in [4.69, 9.17) is 4.74 Å². The molecule has 0 spiro atoms. The van der Waals surface area contributed by atoms with Gasteiger partial charge in [0.1, 0.15) is 11.5 Å². The second-order valence-electron chi connectivity index (χ2n) is 4.25. The normalized spacial score (nSPS) is 9.85. The number of hydrogen-bond acceptors (Lipinski definition) is 3. The summed E-state index contributed by atoms with van der Waals surface area (Å²) in [7, 11) is 0. The molecule has 0 aliphatic rings. The van der Waals surface area contributed by atoms with Crippen molar-refractivity contribution in [1.29, 1.82) is 0 Å². The molecular weight excluding hydrogens is 252 g/mol. The standard InChI is InChI=1S/C16H18N2O2/c1-2-17-16(19)12-18-13-7-6-10-15(11-13)20-14-8-4-3-5-9-14/h3-11,18H,2,12H2,1H3,(H,17,19). The molecule has 2 aromatic rings. The van der Waals surface area contributed by atoms with Crippen molar-refractivity contribution in [3.8, 4) is 11.5 Å². The molecule has 2 rings (SSSR count). The van der Waals surface area contributed by atoms with Gasteiger partial charge < -0.3 is 15.4 Å². The van der Waals surface area contributed by atoms with Gasteiger partial charge in [-0.15, -0.1) is 0 Å². The Balaban J connectivity index is 1.96. The third-order valence-corrected chi connectivity index (χ3v) is 2.64. The number of amides is 1. The van der Waals surface area contributed by atoms with Gasteiger partial charge in [-0.2, -0.15) is 0 Å². The highest BCUT2D eigenvalue weighted by Gasteiger charge is 2.01. The van der Waals surface area contributed by atoms with Crippen LogP contribution >= 0.6 is 0 Å². The van der Waals surface area contributed by atoms with Crippen molar-refractivity contribution in [3.63, 3.8) is 0 Å². The minimum Gasteiger partial charge on any atom is -0.457 e. The number of carbonyl (C=O) groups is 1. The molecule has 104 valence electrons. The highest BCUT2D eigenvalue weighted by Crippen LogP contribution is 2.23. The van der Waals surface area contributed by atoms with Gasteiger partial charge in [0.2, 0.25) is 5.91 Å². The summed E-state index contributed by atoms with van der Waals surface area (Å²) in [6.45, 7) is 2.78. The number of likely N-dealkylation sites (N-methyl/N-ethyl adjacent to an activating group) is 1. The molecule has 0 saturated carbocycles. The lowest BCUT2D eigenvalue weighted by atomic mass is 10.3. The second-order valence-corrected chi connectivity index (χ2v) is 4.25. The highest BCUT2D eigenvalue weighted by atomic mass is 16.5. The first-order valence-electron chi connectivity index (χ1n) is 6.61. The van der Waals surface area contributed by atoms with Crippen LogP contribution in [0.1, 0.15) is 6.92 Å². The van der Waals surface area contributed by atoms with Crippen molar-refractivity contribution in [2.75, 3.05) is 18.4 Å². The van der Waals surface area contributed by atoms with E-state index in [1.807, 2.05) is 61.5 Å². The summed E-state index contributed by atoms with van der Waals surface area (Å²) in [5, 5.41) is 5.80. The average molecular weight is 270 g/mol. The summed E-state index contributed by atoms with van der Waals surface area (Å²) in [6.07, 6.45) is 0. The summed E-state index contributed by atoms with van der Waals surface area (Å²) in [5.41, 5.74) is 0.852. The molecule has 4 heteroatoms. The zero-order chi connectivity index (χ0) is 14.2. The number of para-hydroxylation sites is 1. The Hall–Kier alpha value is -2.49. The molecule has 0 bridgehead atoms. The first-order chi connectivity index (χ1) is 9.78. The first-order valence-corrected chi connectivity index (χ1v) is 6.61. The van der Waals surface area contributed by atoms with Gasteiger partial charge in [0.25, 0.3) is 0 Å². The number of nitrogens with one attached hydrogen (secondary N) is 2. The van der Waals surface area contributed by atoms with E-state index in [0.717, 1.165) is 17.2 Å². The van der Waals surface area contributed by atoms with Gasteiger partial charge in [-0.25, -0.2) is 0 Å². The van der Waals surface area contributed by atoms with Crippen LogP contribution in [0.3, 0.4) is 0 Å². The average Bonchev–Trinajstić information content (AvgIpc) is 2.47. The lowest BCUT2D eigenvalue weighted by Gasteiger charge is -2.09. The van der Waals surface area contributed by atoms with E-state index in [0.29, 0.717) is 6.54 Å². The SMILES string of the molecule is CCNC(=O)CNc1cccc(Oc2ccccc2)c1. The van der Waals surface area contributed by atoms with Gasteiger partial charge in [-0.05, 0) is 31.2 Å². The number of hydrogen-bond donors (Lipinski definition) is 2. The zero-order valence-electron chi connectivity index (χ0n) is 11.4. The van der Waals surface area contributed by atoms with Crippen LogP contribution in [0.5, 0.6) is 11.5 Å². The molecule has 20 heavy (non-hydrogen) atoms. The third kappa shape index (κ3) is 4.31. The number of benzene rings is 2. The fourth-order valence-electron chi connectivity index (χ4n) is 1.74. The van der Waals surface area contributed by atoms with Gasteiger partial charge in [-0.1, -0.05) is 24.3 Å². The zero-order valence-corrected chi connectivity index (χ0v) is 11.4. The van der Waals surface area contributed by atoms with E-state index in [9.17, 15) is 4.79 Å². The summed E-state index contributed by atoms with van der Waals surface area (Å²) in [4.78, 5) is 11.4. The number of rotatable bonds is 6. The summed E-state index contributed by atoms with van der Waals surface area (Å²) in [5.74, 6) is 1.49. The molecule has 2 aromatic carbocycles. The molecule has 0 radical (unpaired) electrons. The van der Waals surface area contributed by atoms with Crippen LogP contribution in [0.25, 0.3) is 0 Å². The predicted molar refractivity (Wildman–Crippen MR) is 80.1 cm³/mol. The molecule has 0 heterocycles. The summed E-state index contributed by atoms with van der Waals surface area (Å²) >= 11 is 0. The van der Waals surface area contributed by atoms with Crippen LogP contribution in [-0.4, -0.2) is 19.0 Å². The van der Waals surface area contributed by atoms with Crippen molar-refractivity contribution in [2.24, 2.45) is 0 Å². The van der Waals surface area contributed by atoms with Crippen LogP contribution < -0.4 is 15.4 Å². The number of carbonyl (C=O) groups excluding carboxylic acids is 1. The largest absolute Gasteiger partial charge is 0.457 e. The van der Waals surface area contributed by atoms with Crippen LogP contribution in [-0.2, 0) is 4.79 Å². The first kappa shape index (κ1) is 13.9. The quantitative estimate of drug-likeness (QED) is 0.848. The van der Waals surface area contributed by atoms with Crippen molar-refractivity contribution >= 4 is 11.6 Å². The van der Waals surface area contributed by atoms with E-state index in [-0.39, 0.29) is 12.5 Å². The highest BCUT2D eigenvalue weighted by molar-refractivity contribution is 5.80. The molecule has 1 amide bonds. The monoisotopic (exact) mass is 270 g/mol. The Morgan fingerprint density at radius 3 is 2.55 bits per heavy atom. The van der Waals surface area contributed by atoms with E-state index >= 15 is 0 Å². The lowest BCUT2D eigenvalue weighted by molar-refractivity contribution is -0.119. The van der Waals surface area contributed by atoms with E-state index in [1.165, 1.54) is 0 Å². The molecule has 2 N–H and O–H groups in total. The molecule has 0 aromatic heterocycles. The minimum atomic E-state index is -0.0260. The van der Waals surface area contributed by atoms with E-state index in [2.05, 4.69) is 10.6 Å². The Labute approximate surface area is 118 Å². The second kappa shape index (κ2) is 7.19. The van der Waals surface area contributed by atoms with Crippen LogP contribution in [0.4, 0.5) is 5.69 Å². The van der Waals surface area contributed by atoms with Crippen LogP contribution in [0.15, 0.2) is 54.6 Å². The maximum absolute atomic E-state index is 11.4. The smallest absolute Gasteiger partial charge is 0.239 e. The molecule has 0 unspecified atom stereocenters. The molecule has 0 saturated heterocycles. The van der Waals surface area contributed by atoms with E-state index < -0.39 is 0 Å². The molecular formula is C16H18N2O2. The lowest BCUT2D eigenvalue weighted by Crippen LogP contribution is -2.29. The Morgan fingerprint density at radius 2 is 1.80 bits per heavy atom. The fourth-order valence-corrected chi connectivity index (χ4v) is 1.74. The molecule has 0 aliphatic carbocycles. The van der Waals surface area contributed by atoms with Gasteiger partial charge in [0, 0.05) is 18.3 Å². The molecule has 0 atom stereocenters. The Kier molecular flexibility index (Phi) is 5.00. The fraction of sp³-hybridized carbons (Fsp3) is 0.188. The van der Waals surface area contributed by atoms with Gasteiger partial charge in [0.05, 0.1) is 6.54 Å². The Morgan fingerprint density at radius 1 is 1.05 bits per heavy atom. The maximum Gasteiger partial charge on any atom is 0.239 e. The molecule has 0 aliphatic heterocycles. The Bertz CT molecular complexity index is 555. The van der Waals surface area contributed by atoms with Gasteiger partial charge in [0.15, 0.2) is 0 Å². The maximum atomic E-state index is 11.4. The number of anilines is 1. The molecule has 0 fully saturated rings. The third-order valence-electron chi connectivity index (χ3n) is 2.64. The number of ether oxygens (including phenoxy) is 1. The van der Waals surface area contributed by atoms with Crippen molar-refractivity contribution in [3.05, 3.63) is 54.6 Å². The summed E-state index contributed by atoms with van der Waals surface area (Å²) < 4.78 is 5.73. The molecule has 4 nitrogen and oxygen atoms in total. The summed E-state index contributed by atoms with van der Waals surface area (Å²) in [6, 6.07) is 17.1. The van der Waals surface area contributed by atoms with Crippen LogP contribution in [0, 0.1) is 0 Å². The topological polar surface area (TPSA) is 50.4 Å². The van der Waals surface area contributed by atoms with Crippen molar-refractivity contribution in [2.45, 2.75) is 6.92 Å². The van der Waals surface area contributed by atoms with Crippen LogP contribution in [0.2, 0.25) is 0 Å². The minimum absolute atomic E-state index is 0.0260. The van der Waals surface area contributed by atoms with Gasteiger partial charge in [-0.3, -0.25) is 4.79 Å². The van der Waals surface area contributed by atoms with Crippen molar-refractivity contribution in [1.82, 2.24) is 5.32 Å². The van der Waals surface area contributed by atoms with Gasteiger partial charge >= 0.3 is 0 Å². The predicted octanol–water partition coefficient (Wildman–Crippen LogP) is 3.03. The van der Waals surface area contributed by atoms with E-state index in [1.54, 1.807) is 0 Å². The van der Waals surface area contributed by atoms with Crippen molar-refractivity contribution < 1.29 is 9.53 Å².